The zero-order valence-electron chi connectivity index (χ0n) is 12.1. The third kappa shape index (κ3) is 4.02. The second kappa shape index (κ2) is 6.83. The van der Waals surface area contributed by atoms with Gasteiger partial charge in [0.25, 0.3) is 0 Å². The predicted molar refractivity (Wildman–Crippen MR) is 81.3 cm³/mol. The van der Waals surface area contributed by atoms with Gasteiger partial charge in [0, 0.05) is 52.9 Å². The van der Waals surface area contributed by atoms with Gasteiger partial charge in [-0.1, -0.05) is 0 Å². The molecule has 1 aliphatic heterocycles. The van der Waals surface area contributed by atoms with Gasteiger partial charge in [0.2, 0.25) is 0 Å². The first-order chi connectivity index (χ1) is 9.08. The normalized spacial score (nSPS) is 17.3. The van der Waals surface area contributed by atoms with E-state index < -0.39 is 0 Å². The van der Waals surface area contributed by atoms with E-state index >= 15 is 0 Å². The van der Waals surface area contributed by atoms with Gasteiger partial charge in [-0.2, -0.15) is 5.10 Å². The number of piperazine rings is 1. The summed E-state index contributed by atoms with van der Waals surface area (Å²) in [7, 11) is 4.19. The van der Waals surface area contributed by atoms with E-state index in [1.165, 1.54) is 18.8 Å². The Morgan fingerprint density at radius 1 is 1.37 bits per heavy atom. The van der Waals surface area contributed by atoms with Crippen LogP contribution >= 0.6 is 15.9 Å². The molecule has 1 saturated heterocycles. The fourth-order valence-electron chi connectivity index (χ4n) is 2.43. The highest BCUT2D eigenvalue weighted by molar-refractivity contribution is 9.10. The molecule has 1 aliphatic rings. The van der Waals surface area contributed by atoms with Crippen LogP contribution in [0.5, 0.6) is 0 Å². The first kappa shape index (κ1) is 15.0. The van der Waals surface area contributed by atoms with Crippen LogP contribution in [0, 0.1) is 6.92 Å². The molecule has 1 aromatic heterocycles. The van der Waals surface area contributed by atoms with Crippen LogP contribution in [0.1, 0.15) is 11.4 Å². The first-order valence-corrected chi connectivity index (χ1v) is 7.67. The van der Waals surface area contributed by atoms with Crippen LogP contribution in [0.15, 0.2) is 4.47 Å². The largest absolute Gasteiger partial charge is 0.314 e. The molecule has 2 rings (SSSR count). The average Bonchev–Trinajstić information content (AvgIpc) is 2.64. The second-order valence-electron chi connectivity index (χ2n) is 5.30. The number of hydrogen-bond donors (Lipinski definition) is 1. The summed E-state index contributed by atoms with van der Waals surface area (Å²) in [6.45, 7) is 9.79. The summed E-state index contributed by atoms with van der Waals surface area (Å²) in [5.74, 6) is 0. The van der Waals surface area contributed by atoms with Crippen molar-refractivity contribution < 1.29 is 0 Å². The minimum Gasteiger partial charge on any atom is -0.314 e. The summed E-state index contributed by atoms with van der Waals surface area (Å²) in [5, 5.41) is 7.82. The van der Waals surface area contributed by atoms with Crippen LogP contribution < -0.4 is 5.32 Å². The lowest BCUT2D eigenvalue weighted by Crippen LogP contribution is -2.45. The third-order valence-electron chi connectivity index (χ3n) is 3.69. The van der Waals surface area contributed by atoms with Crippen molar-refractivity contribution >= 4 is 15.9 Å². The van der Waals surface area contributed by atoms with Gasteiger partial charge in [0.05, 0.1) is 15.9 Å². The molecule has 108 valence electrons. The zero-order valence-corrected chi connectivity index (χ0v) is 13.7. The van der Waals surface area contributed by atoms with Crippen molar-refractivity contribution in [2.75, 3.05) is 46.3 Å². The molecule has 6 heteroatoms. The molecule has 0 amide bonds. The topological polar surface area (TPSA) is 36.3 Å². The van der Waals surface area contributed by atoms with Crippen molar-refractivity contribution in [3.05, 3.63) is 15.9 Å². The monoisotopic (exact) mass is 329 g/mol. The summed E-state index contributed by atoms with van der Waals surface area (Å²) in [6, 6.07) is 0. The molecular formula is C13H24BrN5. The molecule has 19 heavy (non-hydrogen) atoms. The van der Waals surface area contributed by atoms with Crippen LogP contribution in [0.25, 0.3) is 0 Å². The maximum absolute atomic E-state index is 4.44. The number of nitrogens with zero attached hydrogens (tertiary/aromatic N) is 4. The molecular weight excluding hydrogens is 306 g/mol. The molecule has 0 radical (unpaired) electrons. The SMILES string of the molecule is Cc1nn(C)c(CN(C)CCN2CCNCC2)c1Br. The van der Waals surface area contributed by atoms with Gasteiger partial charge in [0.1, 0.15) is 0 Å². The molecule has 1 fully saturated rings. The van der Waals surface area contributed by atoms with Crippen molar-refractivity contribution in [2.45, 2.75) is 13.5 Å². The van der Waals surface area contributed by atoms with E-state index in [4.69, 9.17) is 0 Å². The number of aromatic nitrogens is 2. The number of nitrogens with one attached hydrogen (secondary N) is 1. The highest BCUT2D eigenvalue weighted by Crippen LogP contribution is 2.21. The highest BCUT2D eigenvalue weighted by Gasteiger charge is 2.14. The Hall–Kier alpha value is -0.430. The van der Waals surface area contributed by atoms with E-state index in [0.717, 1.165) is 42.9 Å². The molecule has 2 heterocycles. The van der Waals surface area contributed by atoms with Crippen LogP contribution in [0.4, 0.5) is 0 Å². The van der Waals surface area contributed by atoms with E-state index in [9.17, 15) is 0 Å². The Kier molecular flexibility index (Phi) is 5.38. The summed E-state index contributed by atoms with van der Waals surface area (Å²) in [5.41, 5.74) is 2.31. The van der Waals surface area contributed by atoms with Crippen molar-refractivity contribution in [2.24, 2.45) is 7.05 Å². The average molecular weight is 330 g/mol. The summed E-state index contributed by atoms with van der Waals surface area (Å²) in [6.07, 6.45) is 0. The summed E-state index contributed by atoms with van der Waals surface area (Å²) in [4.78, 5) is 4.89. The smallest absolute Gasteiger partial charge is 0.0739 e. The molecule has 0 atom stereocenters. The minimum absolute atomic E-state index is 0.935. The minimum atomic E-state index is 0.935. The Morgan fingerprint density at radius 3 is 2.63 bits per heavy atom. The number of rotatable bonds is 5. The zero-order chi connectivity index (χ0) is 13.8. The van der Waals surface area contributed by atoms with Gasteiger partial charge in [-0.15, -0.1) is 0 Å². The molecule has 1 aromatic rings. The lowest BCUT2D eigenvalue weighted by atomic mass is 10.3. The van der Waals surface area contributed by atoms with E-state index in [1.807, 2.05) is 18.7 Å². The molecule has 1 N–H and O–H groups in total. The number of hydrogen-bond acceptors (Lipinski definition) is 4. The third-order valence-corrected chi connectivity index (χ3v) is 4.72. The van der Waals surface area contributed by atoms with E-state index in [-0.39, 0.29) is 0 Å². The van der Waals surface area contributed by atoms with Gasteiger partial charge < -0.3 is 5.32 Å². The van der Waals surface area contributed by atoms with Crippen LogP contribution in [-0.4, -0.2) is 65.9 Å². The number of likely N-dealkylation sites (N-methyl/N-ethyl adjacent to an activating group) is 1. The van der Waals surface area contributed by atoms with Gasteiger partial charge in [-0.3, -0.25) is 14.5 Å². The Balaban J connectivity index is 1.81. The predicted octanol–water partition coefficient (Wildman–Crippen LogP) is 0.828. The Bertz CT molecular complexity index is 411. The van der Waals surface area contributed by atoms with Gasteiger partial charge in [-0.25, -0.2) is 0 Å². The van der Waals surface area contributed by atoms with Crippen molar-refractivity contribution in [1.82, 2.24) is 24.9 Å². The van der Waals surface area contributed by atoms with E-state index in [0.29, 0.717) is 0 Å². The Labute approximate surface area is 124 Å². The summed E-state index contributed by atoms with van der Waals surface area (Å²) < 4.78 is 3.12. The van der Waals surface area contributed by atoms with Gasteiger partial charge >= 0.3 is 0 Å². The highest BCUT2D eigenvalue weighted by atomic mass is 79.9. The molecule has 0 aliphatic carbocycles. The molecule has 0 unspecified atom stereocenters. The molecule has 0 bridgehead atoms. The van der Waals surface area contributed by atoms with Crippen LogP contribution in [0.2, 0.25) is 0 Å². The van der Waals surface area contributed by atoms with Crippen LogP contribution in [0.3, 0.4) is 0 Å². The fraction of sp³-hybridized carbons (Fsp3) is 0.769. The summed E-state index contributed by atoms with van der Waals surface area (Å²) >= 11 is 3.63. The standard InChI is InChI=1S/C13H24BrN5/c1-11-13(14)12(18(3)16-11)10-17(2)8-9-19-6-4-15-5-7-19/h15H,4-10H2,1-3H3. The van der Waals surface area contributed by atoms with E-state index in [2.05, 4.69) is 43.2 Å². The van der Waals surface area contributed by atoms with E-state index in [1.54, 1.807) is 0 Å². The first-order valence-electron chi connectivity index (χ1n) is 6.87. The van der Waals surface area contributed by atoms with Crippen molar-refractivity contribution in [3.63, 3.8) is 0 Å². The molecule has 5 nitrogen and oxygen atoms in total. The van der Waals surface area contributed by atoms with Crippen molar-refractivity contribution in [3.8, 4) is 0 Å². The van der Waals surface area contributed by atoms with Crippen LogP contribution in [-0.2, 0) is 13.6 Å². The maximum atomic E-state index is 4.44. The Morgan fingerprint density at radius 2 is 2.05 bits per heavy atom. The lowest BCUT2D eigenvalue weighted by Gasteiger charge is -2.29. The molecule has 0 saturated carbocycles. The molecule has 0 aromatic carbocycles. The van der Waals surface area contributed by atoms with Gasteiger partial charge in [0.15, 0.2) is 0 Å². The number of halogens is 1. The van der Waals surface area contributed by atoms with Crippen molar-refractivity contribution in [1.29, 1.82) is 0 Å². The maximum Gasteiger partial charge on any atom is 0.0739 e. The van der Waals surface area contributed by atoms with Gasteiger partial charge in [-0.05, 0) is 29.9 Å². The number of aryl methyl sites for hydroxylation is 2. The molecule has 0 spiro atoms. The lowest BCUT2D eigenvalue weighted by molar-refractivity contribution is 0.200. The second-order valence-corrected chi connectivity index (χ2v) is 6.09. The fourth-order valence-corrected chi connectivity index (χ4v) is 2.89. The quantitative estimate of drug-likeness (QED) is 0.868.